The van der Waals surface area contributed by atoms with Crippen LogP contribution in [0.3, 0.4) is 0 Å². The lowest BCUT2D eigenvalue weighted by atomic mass is 9.78. The number of hydrogen-bond donors (Lipinski definition) is 1. The van der Waals surface area contributed by atoms with Crippen LogP contribution in [0.25, 0.3) is 0 Å². The Hall–Kier alpha value is -0.160. The first-order chi connectivity index (χ1) is 8.78. The molecule has 0 spiro atoms. The topological polar surface area (TPSA) is 47.7 Å². The van der Waals surface area contributed by atoms with Crippen molar-refractivity contribution < 1.29 is 9.47 Å². The molecule has 0 saturated carbocycles. The van der Waals surface area contributed by atoms with E-state index in [0.717, 1.165) is 58.8 Å². The van der Waals surface area contributed by atoms with Crippen molar-refractivity contribution in [2.75, 3.05) is 39.5 Å². The van der Waals surface area contributed by atoms with Crippen LogP contribution < -0.4 is 5.73 Å². The minimum Gasteiger partial charge on any atom is -0.381 e. The summed E-state index contributed by atoms with van der Waals surface area (Å²) in [4.78, 5) is 2.63. The molecule has 2 fully saturated rings. The molecular weight excluding hydrogens is 228 g/mol. The zero-order valence-electron chi connectivity index (χ0n) is 11.9. The van der Waals surface area contributed by atoms with Gasteiger partial charge in [0.25, 0.3) is 0 Å². The van der Waals surface area contributed by atoms with E-state index >= 15 is 0 Å². The Morgan fingerprint density at radius 3 is 2.56 bits per heavy atom. The van der Waals surface area contributed by atoms with Crippen LogP contribution in [0.4, 0.5) is 0 Å². The fourth-order valence-corrected chi connectivity index (χ4v) is 3.69. The predicted molar refractivity (Wildman–Crippen MR) is 72.6 cm³/mol. The van der Waals surface area contributed by atoms with Gasteiger partial charge in [0.15, 0.2) is 0 Å². The van der Waals surface area contributed by atoms with Gasteiger partial charge < -0.3 is 15.2 Å². The van der Waals surface area contributed by atoms with Gasteiger partial charge in [0, 0.05) is 37.2 Å². The molecule has 2 heterocycles. The van der Waals surface area contributed by atoms with Gasteiger partial charge in [-0.25, -0.2) is 0 Å². The van der Waals surface area contributed by atoms with E-state index in [-0.39, 0.29) is 5.54 Å². The molecule has 4 nitrogen and oxygen atoms in total. The Kier molecular flexibility index (Phi) is 5.01. The second kappa shape index (κ2) is 6.33. The lowest BCUT2D eigenvalue weighted by Gasteiger charge is -2.52. The van der Waals surface area contributed by atoms with Gasteiger partial charge >= 0.3 is 0 Å². The number of ether oxygens (including phenoxy) is 2. The first-order valence-corrected chi connectivity index (χ1v) is 7.40. The van der Waals surface area contributed by atoms with Crippen LogP contribution in [0.1, 0.15) is 33.1 Å². The fourth-order valence-electron chi connectivity index (χ4n) is 3.69. The highest BCUT2D eigenvalue weighted by molar-refractivity contribution is 5.01. The Morgan fingerprint density at radius 1 is 1.22 bits per heavy atom. The summed E-state index contributed by atoms with van der Waals surface area (Å²) in [6.45, 7) is 9.72. The molecule has 2 rings (SSSR count). The molecule has 0 aliphatic carbocycles. The lowest BCUT2D eigenvalue weighted by Crippen LogP contribution is -2.64. The first kappa shape index (κ1) is 14.3. The summed E-state index contributed by atoms with van der Waals surface area (Å²) in [5, 5.41) is 0. The largest absolute Gasteiger partial charge is 0.381 e. The van der Waals surface area contributed by atoms with Gasteiger partial charge in [0.2, 0.25) is 0 Å². The van der Waals surface area contributed by atoms with E-state index in [0.29, 0.717) is 12.0 Å². The average Bonchev–Trinajstić information content (AvgIpc) is 2.96. The number of rotatable bonds is 5. The molecule has 0 aromatic heterocycles. The van der Waals surface area contributed by atoms with Crippen molar-refractivity contribution in [3.05, 3.63) is 0 Å². The minimum atomic E-state index is 0.112. The maximum atomic E-state index is 6.21. The number of nitrogens with two attached hydrogens (primary N) is 1. The summed E-state index contributed by atoms with van der Waals surface area (Å²) in [5.41, 5.74) is 6.32. The quantitative estimate of drug-likeness (QED) is 0.804. The molecule has 2 aliphatic rings. The molecule has 0 aromatic rings. The lowest BCUT2D eigenvalue weighted by molar-refractivity contribution is -0.0863. The standard InChI is InChI=1S/C14H28N2O2/c1-3-13-10-18-8-6-16(13)14(4-2,11-15)12-5-7-17-9-12/h12-13H,3-11,15H2,1-2H3. The third-order valence-electron chi connectivity index (χ3n) is 4.93. The van der Waals surface area contributed by atoms with Crippen molar-refractivity contribution >= 4 is 0 Å². The van der Waals surface area contributed by atoms with E-state index in [1.54, 1.807) is 0 Å². The van der Waals surface area contributed by atoms with Crippen molar-refractivity contribution in [3.63, 3.8) is 0 Å². The van der Waals surface area contributed by atoms with Crippen LogP contribution in [0.15, 0.2) is 0 Å². The average molecular weight is 256 g/mol. The Bertz CT molecular complexity index is 250. The van der Waals surface area contributed by atoms with E-state index in [1.807, 2.05) is 0 Å². The molecule has 4 heteroatoms. The number of nitrogens with zero attached hydrogens (tertiary/aromatic N) is 1. The van der Waals surface area contributed by atoms with Crippen LogP contribution in [-0.2, 0) is 9.47 Å². The molecule has 0 aromatic carbocycles. The Balaban J connectivity index is 2.20. The van der Waals surface area contributed by atoms with E-state index in [1.165, 1.54) is 0 Å². The van der Waals surface area contributed by atoms with Gasteiger partial charge in [-0.3, -0.25) is 4.90 Å². The third kappa shape index (κ3) is 2.44. The maximum Gasteiger partial charge on any atom is 0.0622 e. The van der Waals surface area contributed by atoms with E-state index < -0.39 is 0 Å². The molecule has 2 N–H and O–H groups in total. The predicted octanol–water partition coefficient (Wildman–Crippen LogP) is 1.24. The summed E-state index contributed by atoms with van der Waals surface area (Å²) < 4.78 is 11.2. The molecule has 0 radical (unpaired) electrons. The molecule has 2 aliphatic heterocycles. The fraction of sp³-hybridized carbons (Fsp3) is 1.00. The highest BCUT2D eigenvalue weighted by atomic mass is 16.5. The molecule has 0 bridgehead atoms. The van der Waals surface area contributed by atoms with Gasteiger partial charge in [0.1, 0.15) is 0 Å². The van der Waals surface area contributed by atoms with Gasteiger partial charge in [-0.1, -0.05) is 13.8 Å². The third-order valence-corrected chi connectivity index (χ3v) is 4.93. The summed E-state index contributed by atoms with van der Waals surface area (Å²) in [5.74, 6) is 0.583. The second-order valence-electron chi connectivity index (χ2n) is 5.55. The van der Waals surface area contributed by atoms with Crippen molar-refractivity contribution in [2.24, 2.45) is 11.7 Å². The van der Waals surface area contributed by atoms with Crippen LogP contribution >= 0.6 is 0 Å². The molecule has 2 saturated heterocycles. The van der Waals surface area contributed by atoms with Crippen molar-refractivity contribution in [2.45, 2.75) is 44.7 Å². The smallest absolute Gasteiger partial charge is 0.0622 e. The Morgan fingerprint density at radius 2 is 2.00 bits per heavy atom. The number of morpholine rings is 1. The monoisotopic (exact) mass is 256 g/mol. The zero-order chi connectivity index (χ0) is 13.0. The van der Waals surface area contributed by atoms with E-state index in [4.69, 9.17) is 15.2 Å². The van der Waals surface area contributed by atoms with E-state index in [2.05, 4.69) is 18.7 Å². The SMILES string of the molecule is CCC1COCCN1C(CC)(CN)C1CCOC1. The molecular formula is C14H28N2O2. The van der Waals surface area contributed by atoms with E-state index in [9.17, 15) is 0 Å². The maximum absolute atomic E-state index is 6.21. The molecule has 3 atom stereocenters. The van der Waals surface area contributed by atoms with Crippen molar-refractivity contribution in [1.82, 2.24) is 4.90 Å². The van der Waals surface area contributed by atoms with Gasteiger partial charge in [0.05, 0.1) is 19.8 Å². The summed E-state index contributed by atoms with van der Waals surface area (Å²) in [6, 6.07) is 0.517. The normalized spacial score (nSPS) is 33.5. The van der Waals surface area contributed by atoms with Crippen molar-refractivity contribution in [1.29, 1.82) is 0 Å². The molecule has 0 amide bonds. The van der Waals surface area contributed by atoms with Gasteiger partial charge in [-0.05, 0) is 19.3 Å². The molecule has 3 unspecified atom stereocenters. The number of hydrogen-bond acceptors (Lipinski definition) is 4. The summed E-state index contributed by atoms with van der Waals surface area (Å²) in [6.07, 6.45) is 3.39. The molecule has 106 valence electrons. The van der Waals surface area contributed by atoms with Gasteiger partial charge in [-0.2, -0.15) is 0 Å². The van der Waals surface area contributed by atoms with Crippen LogP contribution in [0, 0.1) is 5.92 Å². The summed E-state index contributed by atoms with van der Waals surface area (Å²) >= 11 is 0. The second-order valence-corrected chi connectivity index (χ2v) is 5.55. The zero-order valence-corrected chi connectivity index (χ0v) is 11.9. The molecule has 18 heavy (non-hydrogen) atoms. The first-order valence-electron chi connectivity index (χ1n) is 7.40. The minimum absolute atomic E-state index is 0.112. The van der Waals surface area contributed by atoms with Gasteiger partial charge in [-0.15, -0.1) is 0 Å². The van der Waals surface area contributed by atoms with Crippen molar-refractivity contribution in [3.8, 4) is 0 Å². The Labute approximate surface area is 111 Å². The van der Waals surface area contributed by atoms with Crippen LogP contribution in [0.2, 0.25) is 0 Å². The highest BCUT2D eigenvalue weighted by Gasteiger charge is 2.46. The summed E-state index contributed by atoms with van der Waals surface area (Å²) in [7, 11) is 0. The highest BCUT2D eigenvalue weighted by Crippen LogP contribution is 2.36. The van der Waals surface area contributed by atoms with Crippen LogP contribution in [0.5, 0.6) is 0 Å². The van der Waals surface area contributed by atoms with Crippen LogP contribution in [-0.4, -0.2) is 56.0 Å².